The summed E-state index contributed by atoms with van der Waals surface area (Å²) < 4.78 is 2.23. The van der Waals surface area contributed by atoms with Crippen LogP contribution in [-0.2, 0) is 23.3 Å². The van der Waals surface area contributed by atoms with Crippen LogP contribution >= 0.6 is 11.8 Å². The molecule has 0 aliphatic rings. The number of aromatic nitrogens is 4. The molecule has 1 amide bonds. The van der Waals surface area contributed by atoms with Crippen LogP contribution in [0.4, 0.5) is 0 Å². The number of thioether (sulfide) groups is 1. The Labute approximate surface area is 227 Å². The predicted octanol–water partition coefficient (Wildman–Crippen LogP) is 6.51. The summed E-state index contributed by atoms with van der Waals surface area (Å²) >= 11 is 1.54. The highest BCUT2D eigenvalue weighted by atomic mass is 32.2. The van der Waals surface area contributed by atoms with E-state index < -0.39 is 0 Å². The summed E-state index contributed by atoms with van der Waals surface area (Å²) in [5, 5.41) is 13.6. The van der Waals surface area contributed by atoms with E-state index in [0.717, 1.165) is 39.8 Å². The lowest BCUT2D eigenvalue weighted by atomic mass is 9.87. The Morgan fingerprint density at radius 3 is 2.39 bits per heavy atom. The Morgan fingerprint density at radius 1 is 0.895 bits per heavy atom. The van der Waals surface area contributed by atoms with Crippen LogP contribution in [0, 0.1) is 0 Å². The minimum absolute atomic E-state index is 0.0570. The van der Waals surface area contributed by atoms with Crippen molar-refractivity contribution in [2.45, 2.75) is 57.3 Å². The van der Waals surface area contributed by atoms with Gasteiger partial charge in [-0.2, -0.15) is 0 Å². The van der Waals surface area contributed by atoms with Crippen molar-refractivity contribution in [1.29, 1.82) is 0 Å². The van der Waals surface area contributed by atoms with E-state index in [-0.39, 0.29) is 11.3 Å². The van der Waals surface area contributed by atoms with Crippen LogP contribution in [0.3, 0.4) is 0 Å². The van der Waals surface area contributed by atoms with Crippen LogP contribution in [0.5, 0.6) is 0 Å². The zero-order valence-electron chi connectivity index (χ0n) is 22.1. The zero-order chi connectivity index (χ0) is 26.5. The summed E-state index contributed by atoms with van der Waals surface area (Å²) in [5.41, 5.74) is 6.51. The standard InChI is InChI=1S/C31H33N5OS/c1-31(2,3)24-17-15-23(16-18-24)21-36-26-13-8-7-12-25(26)28-29(36)33-30(35-34-28)38-19-9-14-27(37)32-20-22-10-5-4-6-11-22/h4-8,10-13,15-18H,9,14,19-21H2,1-3H3,(H,32,37). The molecule has 0 unspecified atom stereocenters. The predicted molar refractivity (Wildman–Crippen MR) is 155 cm³/mol. The molecule has 0 aliphatic heterocycles. The molecule has 1 N–H and O–H groups in total. The van der Waals surface area contributed by atoms with Gasteiger partial charge in [0.15, 0.2) is 5.65 Å². The molecule has 0 saturated carbocycles. The Bertz CT molecular complexity index is 1540. The van der Waals surface area contributed by atoms with Gasteiger partial charge in [-0.05, 0) is 34.6 Å². The summed E-state index contributed by atoms with van der Waals surface area (Å²) in [4.78, 5) is 17.1. The fourth-order valence-corrected chi connectivity index (χ4v) is 5.21. The lowest BCUT2D eigenvalue weighted by molar-refractivity contribution is -0.121. The number of carbonyl (C=O) groups excluding carboxylic acids is 1. The zero-order valence-corrected chi connectivity index (χ0v) is 23.0. The fourth-order valence-electron chi connectivity index (χ4n) is 4.48. The third-order valence-electron chi connectivity index (χ3n) is 6.63. The number of amides is 1. The molecule has 0 radical (unpaired) electrons. The lowest BCUT2D eigenvalue weighted by Gasteiger charge is -2.19. The molecule has 5 rings (SSSR count). The molecule has 0 bridgehead atoms. The van der Waals surface area contributed by atoms with Crippen molar-refractivity contribution in [2.24, 2.45) is 0 Å². The summed E-state index contributed by atoms with van der Waals surface area (Å²) in [6.07, 6.45) is 1.22. The van der Waals surface area contributed by atoms with Gasteiger partial charge in [0.1, 0.15) is 5.52 Å². The first-order chi connectivity index (χ1) is 18.4. The minimum Gasteiger partial charge on any atom is -0.352 e. The van der Waals surface area contributed by atoms with E-state index in [1.807, 2.05) is 42.5 Å². The molecule has 2 aromatic heterocycles. The molecule has 0 spiro atoms. The van der Waals surface area contributed by atoms with Crippen molar-refractivity contribution < 1.29 is 4.79 Å². The number of rotatable bonds is 9. The van der Waals surface area contributed by atoms with E-state index in [4.69, 9.17) is 4.98 Å². The summed E-state index contributed by atoms with van der Waals surface area (Å²) in [5.74, 6) is 0.807. The molecule has 6 nitrogen and oxygen atoms in total. The summed E-state index contributed by atoms with van der Waals surface area (Å²) in [6, 6.07) is 27.1. The van der Waals surface area contributed by atoms with Crippen molar-refractivity contribution in [3.8, 4) is 0 Å². The average Bonchev–Trinajstić information content (AvgIpc) is 3.23. The third-order valence-corrected chi connectivity index (χ3v) is 7.55. The van der Waals surface area contributed by atoms with Crippen molar-refractivity contribution in [2.75, 3.05) is 5.75 Å². The first kappa shape index (κ1) is 25.9. The van der Waals surface area contributed by atoms with Gasteiger partial charge >= 0.3 is 0 Å². The minimum atomic E-state index is 0.0570. The van der Waals surface area contributed by atoms with Crippen LogP contribution in [-0.4, -0.2) is 31.4 Å². The van der Waals surface area contributed by atoms with E-state index in [9.17, 15) is 4.79 Å². The molecular formula is C31H33N5OS. The number of nitrogens with one attached hydrogen (secondary N) is 1. The quantitative estimate of drug-likeness (QED) is 0.176. The second kappa shape index (κ2) is 11.4. The smallest absolute Gasteiger partial charge is 0.220 e. The van der Waals surface area contributed by atoms with Crippen LogP contribution in [0.25, 0.3) is 22.1 Å². The van der Waals surface area contributed by atoms with Crippen molar-refractivity contribution in [3.63, 3.8) is 0 Å². The van der Waals surface area contributed by atoms with Crippen LogP contribution in [0.2, 0.25) is 0 Å². The molecule has 7 heteroatoms. The number of hydrogen-bond acceptors (Lipinski definition) is 5. The molecule has 0 fully saturated rings. The second-order valence-electron chi connectivity index (χ2n) is 10.5. The molecule has 2 heterocycles. The second-order valence-corrected chi connectivity index (χ2v) is 11.6. The van der Waals surface area contributed by atoms with Crippen LogP contribution in [0.1, 0.15) is 50.3 Å². The monoisotopic (exact) mass is 523 g/mol. The van der Waals surface area contributed by atoms with E-state index in [2.05, 4.69) is 77.3 Å². The third kappa shape index (κ3) is 6.05. The maximum absolute atomic E-state index is 12.2. The van der Waals surface area contributed by atoms with Crippen molar-refractivity contribution in [3.05, 3.63) is 95.6 Å². The van der Waals surface area contributed by atoms with Gasteiger partial charge in [-0.25, -0.2) is 4.98 Å². The SMILES string of the molecule is CC(C)(C)c1ccc(Cn2c3ccccc3c3nnc(SCCCC(=O)NCc4ccccc4)nc32)cc1. The first-order valence-electron chi connectivity index (χ1n) is 13.0. The lowest BCUT2D eigenvalue weighted by Crippen LogP contribution is -2.22. The van der Waals surface area contributed by atoms with E-state index in [1.165, 1.54) is 11.1 Å². The number of benzene rings is 3. The Balaban J connectivity index is 1.27. The molecule has 38 heavy (non-hydrogen) atoms. The number of para-hydroxylation sites is 1. The van der Waals surface area contributed by atoms with Gasteiger partial charge in [0.25, 0.3) is 0 Å². The Kier molecular flexibility index (Phi) is 7.74. The van der Waals surface area contributed by atoms with Gasteiger partial charge in [0.05, 0.1) is 5.52 Å². The van der Waals surface area contributed by atoms with Crippen molar-refractivity contribution in [1.82, 2.24) is 25.1 Å². The van der Waals surface area contributed by atoms with Gasteiger partial charge in [-0.1, -0.05) is 105 Å². The van der Waals surface area contributed by atoms with Gasteiger partial charge < -0.3 is 9.88 Å². The van der Waals surface area contributed by atoms with E-state index in [0.29, 0.717) is 24.7 Å². The highest BCUT2D eigenvalue weighted by molar-refractivity contribution is 7.99. The number of carbonyl (C=O) groups is 1. The van der Waals surface area contributed by atoms with Crippen LogP contribution in [0.15, 0.2) is 84.0 Å². The fraction of sp³-hybridized carbons (Fsp3) is 0.290. The molecule has 194 valence electrons. The Morgan fingerprint density at radius 2 is 1.63 bits per heavy atom. The molecular weight excluding hydrogens is 490 g/mol. The number of fused-ring (bicyclic) bond motifs is 3. The van der Waals surface area contributed by atoms with Crippen molar-refractivity contribution >= 4 is 39.7 Å². The molecule has 0 aliphatic carbocycles. The number of nitrogens with zero attached hydrogens (tertiary/aromatic N) is 4. The molecule has 3 aromatic carbocycles. The van der Waals surface area contributed by atoms with Gasteiger partial charge in [0.2, 0.25) is 11.1 Å². The van der Waals surface area contributed by atoms with Gasteiger partial charge in [0, 0.05) is 30.6 Å². The number of hydrogen-bond donors (Lipinski definition) is 1. The highest BCUT2D eigenvalue weighted by Crippen LogP contribution is 2.29. The van der Waals surface area contributed by atoms with Gasteiger partial charge in [-0.15, -0.1) is 10.2 Å². The molecule has 0 saturated heterocycles. The normalized spacial score (nSPS) is 11.8. The summed E-state index contributed by atoms with van der Waals surface area (Å²) in [7, 11) is 0. The average molecular weight is 524 g/mol. The Hall–Kier alpha value is -3.71. The molecule has 0 atom stereocenters. The highest BCUT2D eigenvalue weighted by Gasteiger charge is 2.17. The molecule has 5 aromatic rings. The van der Waals surface area contributed by atoms with Gasteiger partial charge in [-0.3, -0.25) is 4.79 Å². The van der Waals surface area contributed by atoms with Crippen LogP contribution < -0.4 is 5.32 Å². The topological polar surface area (TPSA) is 72.7 Å². The van der Waals surface area contributed by atoms with E-state index >= 15 is 0 Å². The van der Waals surface area contributed by atoms with E-state index in [1.54, 1.807) is 11.8 Å². The maximum Gasteiger partial charge on any atom is 0.220 e. The maximum atomic E-state index is 12.2. The summed E-state index contributed by atoms with van der Waals surface area (Å²) in [6.45, 7) is 7.95. The first-order valence-corrected chi connectivity index (χ1v) is 14.0. The largest absolute Gasteiger partial charge is 0.352 e.